The molecule has 5 heteroatoms. The van der Waals surface area contributed by atoms with E-state index in [0.717, 1.165) is 23.2 Å². The number of rotatable bonds is 4. The van der Waals surface area contributed by atoms with Crippen LogP contribution in [-0.4, -0.2) is 26.2 Å². The van der Waals surface area contributed by atoms with Crippen molar-refractivity contribution < 1.29 is 9.53 Å². The molecular weight excluding hydrogens is 290 g/mol. The van der Waals surface area contributed by atoms with Crippen LogP contribution in [0.1, 0.15) is 11.1 Å². The molecule has 0 saturated heterocycles. The lowest BCUT2D eigenvalue weighted by Crippen LogP contribution is -2.07. The van der Waals surface area contributed by atoms with Gasteiger partial charge in [-0.2, -0.15) is 0 Å². The molecule has 2 aromatic rings. The van der Waals surface area contributed by atoms with Gasteiger partial charge in [0, 0.05) is 35.1 Å². The van der Waals surface area contributed by atoms with Crippen LogP contribution in [0, 0.1) is 5.41 Å². The summed E-state index contributed by atoms with van der Waals surface area (Å²) in [5.41, 5.74) is 4.36. The molecule has 0 saturated carbocycles. The predicted octanol–water partition coefficient (Wildman–Crippen LogP) is 3.14. The number of ether oxygens (including phenoxy) is 1. The Kier molecular flexibility index (Phi) is 3.85. The standard InChI is InChI=1S/C18H17N3O2/c1-20-15-8-7-11(23-2)9-13(15)14(10-22)18-17(19)12-5-3-4-6-16(12)21-18/h3-10,19-21H,1-2H3/b18-14+,19-17?. The molecule has 0 amide bonds. The van der Waals surface area contributed by atoms with Crippen molar-refractivity contribution in [2.45, 2.75) is 0 Å². The number of carbonyl (C=O) groups excluding carboxylic acids is 1. The fraction of sp³-hybridized carbons (Fsp3) is 0.111. The summed E-state index contributed by atoms with van der Waals surface area (Å²) < 4.78 is 5.26. The quantitative estimate of drug-likeness (QED) is 0.599. The summed E-state index contributed by atoms with van der Waals surface area (Å²) in [5, 5.41) is 14.6. The highest BCUT2D eigenvalue weighted by Gasteiger charge is 2.25. The van der Waals surface area contributed by atoms with Crippen molar-refractivity contribution in [2.24, 2.45) is 0 Å². The minimum atomic E-state index is 0.313. The van der Waals surface area contributed by atoms with Crippen LogP contribution in [0.2, 0.25) is 0 Å². The number of benzene rings is 2. The Morgan fingerprint density at radius 3 is 2.70 bits per heavy atom. The van der Waals surface area contributed by atoms with Gasteiger partial charge in [0.15, 0.2) is 6.29 Å². The highest BCUT2D eigenvalue weighted by molar-refractivity contribution is 6.29. The van der Waals surface area contributed by atoms with Crippen molar-refractivity contribution in [1.29, 1.82) is 5.41 Å². The number of carbonyl (C=O) groups is 1. The summed E-state index contributed by atoms with van der Waals surface area (Å²) in [5.74, 6) is 0.654. The Labute approximate surface area is 134 Å². The Hall–Kier alpha value is -3.08. The molecule has 1 heterocycles. The van der Waals surface area contributed by atoms with Crippen molar-refractivity contribution in [2.75, 3.05) is 24.8 Å². The molecule has 1 aliphatic heterocycles. The first-order valence-electron chi connectivity index (χ1n) is 7.20. The fourth-order valence-corrected chi connectivity index (χ4v) is 2.69. The van der Waals surface area contributed by atoms with E-state index in [1.807, 2.05) is 36.4 Å². The summed E-state index contributed by atoms with van der Waals surface area (Å²) in [4.78, 5) is 11.8. The van der Waals surface area contributed by atoms with E-state index in [-0.39, 0.29) is 0 Å². The largest absolute Gasteiger partial charge is 0.497 e. The van der Waals surface area contributed by atoms with Crippen molar-refractivity contribution in [3.05, 3.63) is 59.3 Å². The molecule has 5 nitrogen and oxygen atoms in total. The topological polar surface area (TPSA) is 74.2 Å². The van der Waals surface area contributed by atoms with Crippen LogP contribution in [0.25, 0.3) is 5.57 Å². The lowest BCUT2D eigenvalue weighted by molar-refractivity contribution is -0.103. The van der Waals surface area contributed by atoms with Gasteiger partial charge in [0.25, 0.3) is 0 Å². The molecule has 0 radical (unpaired) electrons. The number of methoxy groups -OCH3 is 1. The Morgan fingerprint density at radius 2 is 2.04 bits per heavy atom. The maximum Gasteiger partial charge on any atom is 0.152 e. The molecule has 23 heavy (non-hydrogen) atoms. The van der Waals surface area contributed by atoms with Gasteiger partial charge in [-0.1, -0.05) is 18.2 Å². The molecular formula is C18H17N3O2. The Morgan fingerprint density at radius 1 is 1.26 bits per heavy atom. The highest BCUT2D eigenvalue weighted by atomic mass is 16.5. The maximum atomic E-state index is 11.8. The first kappa shape index (κ1) is 14.8. The van der Waals surface area contributed by atoms with Crippen LogP contribution in [0.3, 0.4) is 0 Å². The summed E-state index contributed by atoms with van der Waals surface area (Å²) in [6.07, 6.45) is 0.776. The number of aldehydes is 1. The zero-order valence-corrected chi connectivity index (χ0v) is 12.9. The first-order chi connectivity index (χ1) is 11.2. The third kappa shape index (κ3) is 2.46. The van der Waals surface area contributed by atoms with Crippen LogP contribution in [-0.2, 0) is 4.79 Å². The van der Waals surface area contributed by atoms with E-state index in [1.165, 1.54) is 0 Å². The van der Waals surface area contributed by atoms with E-state index in [1.54, 1.807) is 20.2 Å². The number of allylic oxidation sites excluding steroid dienone is 2. The average molecular weight is 307 g/mol. The molecule has 2 aromatic carbocycles. The molecule has 116 valence electrons. The van der Waals surface area contributed by atoms with Crippen molar-refractivity contribution in [3.8, 4) is 5.75 Å². The molecule has 3 N–H and O–H groups in total. The lowest BCUT2D eigenvalue weighted by Gasteiger charge is -2.13. The van der Waals surface area contributed by atoms with Gasteiger partial charge in [-0.3, -0.25) is 10.2 Å². The highest BCUT2D eigenvalue weighted by Crippen LogP contribution is 2.35. The second-order valence-electron chi connectivity index (χ2n) is 5.11. The normalized spacial score (nSPS) is 14.8. The number of para-hydroxylation sites is 1. The minimum absolute atomic E-state index is 0.313. The van der Waals surface area contributed by atoms with E-state index < -0.39 is 0 Å². The monoisotopic (exact) mass is 307 g/mol. The maximum absolute atomic E-state index is 11.8. The van der Waals surface area contributed by atoms with Crippen molar-refractivity contribution in [1.82, 2.24) is 0 Å². The van der Waals surface area contributed by atoms with Gasteiger partial charge in [0.2, 0.25) is 0 Å². The van der Waals surface area contributed by atoms with Crippen molar-refractivity contribution in [3.63, 3.8) is 0 Å². The second kappa shape index (κ2) is 5.96. The zero-order chi connectivity index (χ0) is 16.4. The average Bonchev–Trinajstić information content (AvgIpc) is 2.93. The van der Waals surface area contributed by atoms with Gasteiger partial charge in [-0.15, -0.1) is 0 Å². The van der Waals surface area contributed by atoms with Crippen LogP contribution in [0.15, 0.2) is 48.2 Å². The van der Waals surface area contributed by atoms with Crippen molar-refractivity contribution >= 4 is 28.9 Å². The molecule has 0 fully saturated rings. The predicted molar refractivity (Wildman–Crippen MR) is 92.4 cm³/mol. The second-order valence-corrected chi connectivity index (χ2v) is 5.11. The zero-order valence-electron chi connectivity index (χ0n) is 12.9. The van der Waals surface area contributed by atoms with E-state index in [4.69, 9.17) is 10.1 Å². The van der Waals surface area contributed by atoms with Gasteiger partial charge in [0.1, 0.15) is 5.75 Å². The smallest absolute Gasteiger partial charge is 0.152 e. The van der Waals surface area contributed by atoms with Crippen LogP contribution in [0.5, 0.6) is 5.75 Å². The third-order valence-corrected chi connectivity index (χ3v) is 3.88. The molecule has 0 aliphatic carbocycles. The number of hydrogen-bond donors (Lipinski definition) is 3. The van der Waals surface area contributed by atoms with Crippen LogP contribution in [0.4, 0.5) is 11.4 Å². The molecule has 0 atom stereocenters. The number of anilines is 2. The number of nitrogens with one attached hydrogen (secondary N) is 3. The van der Waals surface area contributed by atoms with Gasteiger partial charge in [-0.05, 0) is 24.3 Å². The van der Waals surface area contributed by atoms with Gasteiger partial charge in [-0.25, -0.2) is 0 Å². The summed E-state index contributed by atoms with van der Waals surface area (Å²) in [7, 11) is 3.37. The van der Waals surface area contributed by atoms with E-state index in [0.29, 0.717) is 28.3 Å². The fourth-order valence-electron chi connectivity index (χ4n) is 2.69. The summed E-state index contributed by atoms with van der Waals surface area (Å²) in [6, 6.07) is 13.0. The Balaban J connectivity index is 2.18. The number of hydrogen-bond acceptors (Lipinski definition) is 5. The molecule has 0 spiro atoms. The van der Waals surface area contributed by atoms with E-state index in [2.05, 4.69) is 10.6 Å². The molecule has 3 rings (SSSR count). The minimum Gasteiger partial charge on any atom is -0.497 e. The SMILES string of the molecule is CNc1ccc(OC)cc1/C(C=O)=C1/Nc2ccccc2C1=N. The summed E-state index contributed by atoms with van der Waals surface area (Å²) in [6.45, 7) is 0. The molecule has 0 bridgehead atoms. The van der Waals surface area contributed by atoms with Gasteiger partial charge in [0.05, 0.1) is 18.5 Å². The number of fused-ring (bicyclic) bond motifs is 1. The lowest BCUT2D eigenvalue weighted by atomic mass is 9.99. The van der Waals surface area contributed by atoms with E-state index >= 15 is 0 Å². The Bertz CT molecular complexity index is 825. The van der Waals surface area contributed by atoms with E-state index in [9.17, 15) is 4.79 Å². The van der Waals surface area contributed by atoms with Crippen LogP contribution >= 0.6 is 0 Å². The first-order valence-corrected chi connectivity index (χ1v) is 7.20. The third-order valence-electron chi connectivity index (χ3n) is 3.88. The summed E-state index contributed by atoms with van der Waals surface area (Å²) >= 11 is 0. The molecule has 0 unspecified atom stereocenters. The van der Waals surface area contributed by atoms with Gasteiger partial charge < -0.3 is 15.4 Å². The van der Waals surface area contributed by atoms with Crippen LogP contribution < -0.4 is 15.4 Å². The van der Waals surface area contributed by atoms with Gasteiger partial charge >= 0.3 is 0 Å². The molecule has 1 aliphatic rings. The molecule has 0 aromatic heterocycles.